The van der Waals surface area contributed by atoms with Crippen molar-refractivity contribution in [2.45, 2.75) is 45.3 Å². The molecule has 0 amide bonds. The molecule has 1 heterocycles. The lowest BCUT2D eigenvalue weighted by molar-refractivity contribution is -0.135. The fraction of sp³-hybridized carbons (Fsp3) is 0.636. The van der Waals surface area contributed by atoms with E-state index in [1.165, 1.54) is 0 Å². The molecule has 1 atom stereocenters. The third kappa shape index (κ3) is 4.40. The maximum atomic E-state index is 12.0. The molecule has 0 fully saturated rings. The van der Waals surface area contributed by atoms with Crippen molar-refractivity contribution in [3.8, 4) is 0 Å². The fourth-order valence-corrected chi connectivity index (χ4v) is 1.83. The zero-order valence-electron chi connectivity index (χ0n) is 9.90. The number of nitrogens with two attached hydrogens (primary N) is 1. The van der Waals surface area contributed by atoms with Crippen LogP contribution in [0, 0.1) is 13.8 Å². The average Bonchev–Trinajstić information content (AvgIpc) is 2.51. The summed E-state index contributed by atoms with van der Waals surface area (Å²) in [6, 6.07) is 1.50. The first-order valence-electron chi connectivity index (χ1n) is 5.43. The molecule has 0 aliphatic rings. The van der Waals surface area contributed by atoms with E-state index in [0.29, 0.717) is 12.2 Å². The van der Waals surface area contributed by atoms with Gasteiger partial charge in [0.25, 0.3) is 0 Å². The molecule has 0 radical (unpaired) electrons. The SMILES string of the molecule is Cc1cc(C(CCCC(F)(F)F)NN)c(C)o1. The molecule has 0 saturated heterocycles. The molecule has 1 unspecified atom stereocenters. The molecular weight excluding hydrogens is 233 g/mol. The number of hydrazine groups is 1. The Morgan fingerprint density at radius 1 is 1.41 bits per heavy atom. The van der Waals surface area contributed by atoms with E-state index in [9.17, 15) is 13.2 Å². The molecular formula is C11H17F3N2O. The summed E-state index contributed by atoms with van der Waals surface area (Å²) < 4.78 is 41.4. The summed E-state index contributed by atoms with van der Waals surface area (Å²) in [4.78, 5) is 0. The number of furan rings is 1. The molecule has 3 N–H and O–H groups in total. The molecule has 3 nitrogen and oxygen atoms in total. The number of halogens is 3. The van der Waals surface area contributed by atoms with Gasteiger partial charge in [-0.15, -0.1) is 0 Å². The normalized spacial score (nSPS) is 14.0. The van der Waals surface area contributed by atoms with Gasteiger partial charge in [-0.1, -0.05) is 0 Å². The van der Waals surface area contributed by atoms with Crippen LogP contribution in [0.25, 0.3) is 0 Å². The van der Waals surface area contributed by atoms with Gasteiger partial charge in [0.15, 0.2) is 0 Å². The fourth-order valence-electron chi connectivity index (χ4n) is 1.83. The second-order valence-corrected chi connectivity index (χ2v) is 4.10. The molecule has 0 saturated carbocycles. The van der Waals surface area contributed by atoms with E-state index in [-0.39, 0.29) is 12.5 Å². The number of nitrogens with one attached hydrogen (secondary N) is 1. The highest BCUT2D eigenvalue weighted by Crippen LogP contribution is 2.28. The van der Waals surface area contributed by atoms with E-state index < -0.39 is 12.6 Å². The predicted molar refractivity (Wildman–Crippen MR) is 58.2 cm³/mol. The van der Waals surface area contributed by atoms with E-state index >= 15 is 0 Å². The van der Waals surface area contributed by atoms with Crippen LogP contribution >= 0.6 is 0 Å². The number of hydrogen-bond acceptors (Lipinski definition) is 3. The summed E-state index contributed by atoms with van der Waals surface area (Å²) in [7, 11) is 0. The maximum Gasteiger partial charge on any atom is 0.389 e. The highest BCUT2D eigenvalue weighted by molar-refractivity contribution is 5.23. The highest BCUT2D eigenvalue weighted by Gasteiger charge is 2.27. The summed E-state index contributed by atoms with van der Waals surface area (Å²) in [5, 5.41) is 0. The van der Waals surface area contributed by atoms with E-state index in [4.69, 9.17) is 10.3 Å². The van der Waals surface area contributed by atoms with Gasteiger partial charge in [0, 0.05) is 18.0 Å². The third-order valence-electron chi connectivity index (χ3n) is 2.61. The van der Waals surface area contributed by atoms with Crippen LogP contribution in [-0.2, 0) is 0 Å². The van der Waals surface area contributed by atoms with Gasteiger partial charge in [0.2, 0.25) is 0 Å². The Labute approximate surface area is 98.1 Å². The van der Waals surface area contributed by atoms with E-state index in [0.717, 1.165) is 11.3 Å². The minimum Gasteiger partial charge on any atom is -0.466 e. The number of rotatable bonds is 5. The Morgan fingerprint density at radius 2 is 2.06 bits per heavy atom. The Bertz CT molecular complexity index is 360. The van der Waals surface area contributed by atoms with Gasteiger partial charge in [0.05, 0.1) is 0 Å². The van der Waals surface area contributed by atoms with Crippen LogP contribution in [0.2, 0.25) is 0 Å². The monoisotopic (exact) mass is 250 g/mol. The van der Waals surface area contributed by atoms with Crippen molar-refractivity contribution in [1.82, 2.24) is 5.43 Å². The van der Waals surface area contributed by atoms with E-state index in [2.05, 4.69) is 5.43 Å². The summed E-state index contributed by atoms with van der Waals surface area (Å²) in [6.07, 6.45) is -4.53. The molecule has 0 aromatic carbocycles. The van der Waals surface area contributed by atoms with Crippen LogP contribution in [0.3, 0.4) is 0 Å². The predicted octanol–water partition coefficient (Wildman–Crippen LogP) is 3.13. The molecule has 98 valence electrons. The third-order valence-corrected chi connectivity index (χ3v) is 2.61. The lowest BCUT2D eigenvalue weighted by Crippen LogP contribution is -2.28. The molecule has 17 heavy (non-hydrogen) atoms. The van der Waals surface area contributed by atoms with Crippen molar-refractivity contribution >= 4 is 0 Å². The van der Waals surface area contributed by atoms with Crippen LogP contribution in [0.5, 0.6) is 0 Å². The second-order valence-electron chi connectivity index (χ2n) is 4.10. The van der Waals surface area contributed by atoms with Gasteiger partial charge in [-0.25, -0.2) is 0 Å². The van der Waals surface area contributed by atoms with Crippen molar-refractivity contribution in [1.29, 1.82) is 0 Å². The van der Waals surface area contributed by atoms with Crippen molar-refractivity contribution in [3.63, 3.8) is 0 Å². The standard InChI is InChI=1S/C11H17F3N2O/c1-7-6-9(8(2)17-7)10(16-15)4-3-5-11(12,13)14/h6,10,16H,3-5,15H2,1-2H3. The first kappa shape index (κ1) is 14.1. The lowest BCUT2D eigenvalue weighted by atomic mass is 10.0. The zero-order valence-corrected chi connectivity index (χ0v) is 9.90. The van der Waals surface area contributed by atoms with Crippen LogP contribution in [-0.4, -0.2) is 6.18 Å². The number of hydrogen-bond donors (Lipinski definition) is 2. The molecule has 6 heteroatoms. The lowest BCUT2D eigenvalue weighted by Gasteiger charge is -2.15. The van der Waals surface area contributed by atoms with Gasteiger partial charge < -0.3 is 4.42 Å². The molecule has 0 spiro atoms. The average molecular weight is 250 g/mol. The van der Waals surface area contributed by atoms with Gasteiger partial charge in [0.1, 0.15) is 11.5 Å². The maximum absolute atomic E-state index is 12.0. The van der Waals surface area contributed by atoms with Crippen LogP contribution in [0.1, 0.15) is 42.4 Å². The Balaban J connectivity index is 2.57. The second kappa shape index (κ2) is 5.55. The number of aryl methyl sites for hydroxylation is 2. The molecule has 0 aliphatic carbocycles. The van der Waals surface area contributed by atoms with Gasteiger partial charge in [-0.3, -0.25) is 11.3 Å². The Morgan fingerprint density at radius 3 is 2.47 bits per heavy atom. The quantitative estimate of drug-likeness (QED) is 0.623. The highest BCUT2D eigenvalue weighted by atomic mass is 19.4. The minimum absolute atomic E-state index is 0.0437. The first-order chi connectivity index (χ1) is 7.83. The summed E-state index contributed by atoms with van der Waals surface area (Å²) >= 11 is 0. The van der Waals surface area contributed by atoms with Crippen molar-refractivity contribution in [2.75, 3.05) is 0 Å². The van der Waals surface area contributed by atoms with Crippen LogP contribution in [0.4, 0.5) is 13.2 Å². The topological polar surface area (TPSA) is 51.2 Å². The van der Waals surface area contributed by atoms with Crippen molar-refractivity contribution < 1.29 is 17.6 Å². The molecule has 0 bridgehead atoms. The van der Waals surface area contributed by atoms with Crippen molar-refractivity contribution in [3.05, 3.63) is 23.2 Å². The molecule has 1 aromatic rings. The van der Waals surface area contributed by atoms with Crippen molar-refractivity contribution in [2.24, 2.45) is 5.84 Å². The van der Waals surface area contributed by atoms with E-state index in [1.807, 2.05) is 0 Å². The molecule has 1 rings (SSSR count). The smallest absolute Gasteiger partial charge is 0.389 e. The largest absolute Gasteiger partial charge is 0.466 e. The summed E-state index contributed by atoms with van der Waals surface area (Å²) in [6.45, 7) is 3.57. The van der Waals surface area contributed by atoms with E-state index in [1.54, 1.807) is 19.9 Å². The summed E-state index contributed by atoms with van der Waals surface area (Å²) in [5.41, 5.74) is 3.36. The molecule has 1 aromatic heterocycles. The van der Waals surface area contributed by atoms with Gasteiger partial charge in [-0.2, -0.15) is 13.2 Å². The summed E-state index contributed by atoms with van der Waals surface area (Å²) in [5.74, 6) is 6.78. The van der Waals surface area contributed by atoms with Crippen LogP contribution in [0.15, 0.2) is 10.5 Å². The first-order valence-corrected chi connectivity index (χ1v) is 5.43. The van der Waals surface area contributed by atoms with Gasteiger partial charge in [-0.05, 0) is 32.8 Å². The Hall–Kier alpha value is -1.01. The van der Waals surface area contributed by atoms with Gasteiger partial charge >= 0.3 is 6.18 Å². The zero-order chi connectivity index (χ0) is 13.1. The number of alkyl halides is 3. The minimum atomic E-state index is -4.11. The Kier molecular flexibility index (Phi) is 4.59. The molecule has 0 aliphatic heterocycles. The van der Waals surface area contributed by atoms with Crippen LogP contribution < -0.4 is 11.3 Å².